The zero-order chi connectivity index (χ0) is 44.5. The van der Waals surface area contributed by atoms with Gasteiger partial charge >= 0.3 is 0 Å². The van der Waals surface area contributed by atoms with Gasteiger partial charge in [-0.15, -0.1) is 0 Å². The summed E-state index contributed by atoms with van der Waals surface area (Å²) in [5.41, 5.74) is 1.66. The highest BCUT2D eigenvalue weighted by molar-refractivity contribution is 5.93. The highest BCUT2D eigenvalue weighted by Crippen LogP contribution is 2.37. The van der Waals surface area contributed by atoms with E-state index in [1.54, 1.807) is 47.0 Å². The third kappa shape index (κ3) is 9.72. The molecule has 0 bridgehead atoms. The van der Waals surface area contributed by atoms with Crippen LogP contribution < -0.4 is 21.3 Å². The van der Waals surface area contributed by atoms with Crippen molar-refractivity contribution in [2.45, 2.75) is 129 Å². The van der Waals surface area contributed by atoms with Gasteiger partial charge in [0.05, 0.1) is 41.9 Å². The summed E-state index contributed by atoms with van der Waals surface area (Å²) in [4.78, 5) is 65.2. The molecule has 1 unspecified atom stereocenters. The number of fused-ring (bicyclic) bond motifs is 2. The summed E-state index contributed by atoms with van der Waals surface area (Å²) in [7, 11) is 3.28. The molecule has 0 radical (unpaired) electrons. The summed E-state index contributed by atoms with van der Waals surface area (Å²) < 4.78 is 62.1. The van der Waals surface area contributed by atoms with Gasteiger partial charge in [0, 0.05) is 48.4 Å². The van der Waals surface area contributed by atoms with Gasteiger partial charge < -0.3 is 40.6 Å². The molecule has 2 saturated heterocycles. The minimum Gasteiger partial charge on any atom is -0.352 e. The fraction of sp³-hybridized carbons (Fsp3) is 0.568. The molecule has 2 aliphatic heterocycles. The van der Waals surface area contributed by atoms with E-state index in [1.807, 2.05) is 25.3 Å². The molecule has 5 N–H and O–H groups in total. The summed E-state index contributed by atoms with van der Waals surface area (Å²) in [6.07, 6.45) is -1.81. The Morgan fingerprint density at radius 3 is 2.07 bits per heavy atom. The predicted octanol–water partition coefficient (Wildman–Crippen LogP) is 4.91. The molecular weight excluding hydrogens is 795 g/mol. The van der Waals surface area contributed by atoms with Crippen LogP contribution in [0, 0.1) is 17.0 Å². The summed E-state index contributed by atoms with van der Waals surface area (Å²) in [5.74, 6) is -2.19. The molecule has 2 fully saturated rings. The van der Waals surface area contributed by atoms with Gasteiger partial charge in [-0.3, -0.25) is 19.2 Å². The van der Waals surface area contributed by atoms with Crippen LogP contribution in [0.4, 0.5) is 17.6 Å². The molecule has 0 aliphatic carbocycles. The van der Waals surface area contributed by atoms with Crippen LogP contribution >= 0.6 is 0 Å². The molecule has 332 valence electrons. The second-order valence-corrected chi connectivity index (χ2v) is 17.6. The first-order valence-corrected chi connectivity index (χ1v) is 21.2. The van der Waals surface area contributed by atoms with Crippen LogP contribution in [0.25, 0.3) is 33.5 Å². The van der Waals surface area contributed by atoms with E-state index in [-0.39, 0.29) is 63.0 Å². The zero-order valence-corrected chi connectivity index (χ0v) is 36.2. The van der Waals surface area contributed by atoms with Crippen molar-refractivity contribution in [1.29, 1.82) is 0 Å². The number of carbonyl (C=O) groups excluding carboxylic acids is 4. The SMILES string of the molecule is CC[C@H](NC(=O)[C@H](C)NC)C(=O)N1C[C@@H](F)C[C@H]1CCn1c(-c2[nH]c3cc(F)ccc3c2C[C@@H]2C[C@H](F)CN2C(=O)C(NC(=O)[C@H](C)NC)C(C)(C)C)nc2cc(F)ccc21. The number of likely N-dealkylation sites (tertiary alicyclic amines) is 2. The maximum atomic E-state index is 15.5. The number of alkyl halides is 2. The predicted molar refractivity (Wildman–Crippen MR) is 226 cm³/mol. The number of nitrogens with one attached hydrogen (secondary N) is 5. The number of carbonyl (C=O) groups is 4. The van der Waals surface area contributed by atoms with Crippen molar-refractivity contribution in [2.24, 2.45) is 5.41 Å². The van der Waals surface area contributed by atoms with Gasteiger partial charge in [0.25, 0.3) is 0 Å². The number of hydrogen-bond acceptors (Lipinski definition) is 7. The van der Waals surface area contributed by atoms with Crippen molar-refractivity contribution in [3.05, 3.63) is 53.6 Å². The largest absolute Gasteiger partial charge is 0.352 e. The van der Waals surface area contributed by atoms with Gasteiger partial charge in [-0.2, -0.15) is 0 Å². The van der Waals surface area contributed by atoms with E-state index < -0.39 is 71.6 Å². The van der Waals surface area contributed by atoms with Crippen LogP contribution in [0.3, 0.4) is 0 Å². The first-order valence-electron chi connectivity index (χ1n) is 21.2. The lowest BCUT2D eigenvalue weighted by Gasteiger charge is -2.36. The monoisotopic (exact) mass is 853 g/mol. The van der Waals surface area contributed by atoms with Gasteiger partial charge in [0.1, 0.15) is 36.1 Å². The molecule has 17 heteroatoms. The molecule has 2 aromatic heterocycles. The number of aryl methyl sites for hydroxylation is 1. The Balaban J connectivity index is 1.37. The number of H-pyrrole nitrogens is 1. The van der Waals surface area contributed by atoms with Crippen LogP contribution in [0.2, 0.25) is 0 Å². The Hall–Kier alpha value is -5.03. The average molecular weight is 854 g/mol. The van der Waals surface area contributed by atoms with Gasteiger partial charge in [0.2, 0.25) is 23.6 Å². The first kappa shape index (κ1) is 45.5. The number of benzene rings is 2. The summed E-state index contributed by atoms with van der Waals surface area (Å²) >= 11 is 0. The summed E-state index contributed by atoms with van der Waals surface area (Å²) in [5, 5.41) is 12.0. The molecule has 2 aliphatic rings. The highest BCUT2D eigenvalue weighted by atomic mass is 19.1. The van der Waals surface area contributed by atoms with Crippen molar-refractivity contribution in [2.75, 3.05) is 27.2 Å². The molecule has 6 rings (SSSR count). The summed E-state index contributed by atoms with van der Waals surface area (Å²) in [6.45, 7) is 10.5. The molecule has 0 spiro atoms. The Kier molecular flexibility index (Phi) is 13.8. The maximum absolute atomic E-state index is 15.5. The second kappa shape index (κ2) is 18.5. The second-order valence-electron chi connectivity index (χ2n) is 17.6. The topological polar surface area (TPSA) is 156 Å². The van der Waals surface area contributed by atoms with Crippen molar-refractivity contribution in [1.82, 2.24) is 45.6 Å². The fourth-order valence-electron chi connectivity index (χ4n) is 8.57. The molecule has 13 nitrogen and oxygen atoms in total. The quantitative estimate of drug-likeness (QED) is 0.107. The minimum absolute atomic E-state index is 0.0153. The zero-order valence-electron chi connectivity index (χ0n) is 36.2. The van der Waals surface area contributed by atoms with Gasteiger partial charge in [0.15, 0.2) is 5.82 Å². The van der Waals surface area contributed by atoms with E-state index >= 15 is 8.78 Å². The highest BCUT2D eigenvalue weighted by Gasteiger charge is 2.44. The Bertz CT molecular complexity index is 2260. The Labute approximate surface area is 353 Å². The number of hydrogen-bond donors (Lipinski definition) is 5. The Morgan fingerprint density at radius 1 is 0.852 bits per heavy atom. The molecule has 0 saturated carbocycles. The molecule has 4 aromatic rings. The molecule has 61 heavy (non-hydrogen) atoms. The molecular formula is C44H59F4N9O4. The minimum atomic E-state index is -1.34. The van der Waals surface area contributed by atoms with E-state index in [2.05, 4.69) is 26.3 Å². The number of imidazole rings is 1. The van der Waals surface area contributed by atoms with Gasteiger partial charge in [-0.05, 0) is 88.5 Å². The van der Waals surface area contributed by atoms with Crippen molar-refractivity contribution >= 4 is 45.6 Å². The van der Waals surface area contributed by atoms with E-state index in [0.717, 1.165) is 0 Å². The van der Waals surface area contributed by atoms with E-state index in [9.17, 15) is 28.0 Å². The number of halogens is 4. The normalized spacial score (nSPS) is 21.5. The van der Waals surface area contributed by atoms with Crippen molar-refractivity contribution in [3.63, 3.8) is 0 Å². The molecule has 4 heterocycles. The number of nitrogens with zero attached hydrogens (tertiary/aromatic N) is 4. The molecule has 4 amide bonds. The first-order chi connectivity index (χ1) is 28.8. The maximum Gasteiger partial charge on any atom is 0.246 e. The lowest BCUT2D eigenvalue weighted by molar-refractivity contribution is -0.140. The van der Waals surface area contributed by atoms with E-state index in [0.29, 0.717) is 45.4 Å². The number of rotatable bonds is 15. The number of aromatic amines is 1. The van der Waals surface area contributed by atoms with Gasteiger partial charge in [-0.25, -0.2) is 22.5 Å². The Morgan fingerprint density at radius 2 is 1.44 bits per heavy atom. The van der Waals surface area contributed by atoms with E-state index in [4.69, 9.17) is 4.98 Å². The lowest BCUT2D eigenvalue weighted by atomic mass is 9.85. The van der Waals surface area contributed by atoms with Crippen LogP contribution in [0.1, 0.15) is 72.8 Å². The molecule has 2 aromatic carbocycles. The fourth-order valence-corrected chi connectivity index (χ4v) is 8.57. The summed E-state index contributed by atoms with van der Waals surface area (Å²) in [6, 6.07) is 4.32. The lowest BCUT2D eigenvalue weighted by Crippen LogP contribution is -2.58. The van der Waals surface area contributed by atoms with Crippen LogP contribution in [0.15, 0.2) is 36.4 Å². The number of amides is 4. The standard InChI is InChI=1S/C44H59F4N9O4/c1-9-33(53-40(58)23(2)49-7)42(60)56-21-27(47)16-29(56)14-15-55-36-13-11-26(46)19-35(36)52-39(55)37-32(31-12-10-25(45)18-34(31)51-37)20-30-17-28(48)22-57(30)43(61)38(44(4,5)6)54-41(59)24(3)50-8/h10-13,18-19,23-24,27-30,33,38,49-51H,9,14-17,20-22H2,1-8H3,(H,53,58)(H,54,59)/t23-,24-,27-,28-,29+,30-,33-,38?/m0/s1. The third-order valence-electron chi connectivity index (χ3n) is 12.3. The average Bonchev–Trinajstić information content (AvgIpc) is 3.98. The van der Waals surface area contributed by atoms with Crippen LogP contribution in [0.5, 0.6) is 0 Å². The van der Waals surface area contributed by atoms with Crippen molar-refractivity contribution < 1.29 is 36.7 Å². The molecule has 8 atom stereocenters. The van der Waals surface area contributed by atoms with Crippen LogP contribution in [-0.2, 0) is 32.1 Å². The third-order valence-corrected chi connectivity index (χ3v) is 12.3. The van der Waals surface area contributed by atoms with Crippen molar-refractivity contribution in [3.8, 4) is 11.5 Å². The smallest absolute Gasteiger partial charge is 0.246 e. The number of likely N-dealkylation sites (N-methyl/N-ethyl adjacent to an activating group) is 2. The van der Waals surface area contributed by atoms with Gasteiger partial charge in [-0.1, -0.05) is 27.7 Å². The van der Waals surface area contributed by atoms with Crippen LogP contribution in [-0.4, -0.2) is 124 Å². The number of aromatic nitrogens is 3. The van der Waals surface area contributed by atoms with E-state index in [1.165, 1.54) is 34.1 Å².